The van der Waals surface area contributed by atoms with Crippen LogP contribution in [0.5, 0.6) is 5.75 Å². The number of benzene rings is 3. The number of rotatable bonds is 10. The first-order chi connectivity index (χ1) is 18.4. The average molecular weight is 612 g/mol. The van der Waals surface area contributed by atoms with E-state index in [1.807, 2.05) is 6.07 Å². The van der Waals surface area contributed by atoms with E-state index in [1.165, 1.54) is 61.7 Å². The molecule has 3 rings (SSSR count). The molecule has 0 aliphatic rings. The van der Waals surface area contributed by atoms with Gasteiger partial charge in [0.2, 0.25) is 0 Å². The number of anilines is 1. The number of nitriles is 1. The number of amides is 2. The van der Waals surface area contributed by atoms with Gasteiger partial charge in [0, 0.05) is 28.4 Å². The van der Waals surface area contributed by atoms with Gasteiger partial charge in [-0.2, -0.15) is 5.26 Å². The normalized spacial score (nSPS) is 10.6. The summed E-state index contributed by atoms with van der Waals surface area (Å²) < 4.78 is 38.0. The van der Waals surface area contributed by atoms with Crippen LogP contribution >= 0.6 is 23.2 Å². The molecule has 2 amide bonds. The first-order valence-electron chi connectivity index (χ1n) is 11.0. The summed E-state index contributed by atoms with van der Waals surface area (Å²) in [6.07, 6.45) is 0. The van der Waals surface area contributed by atoms with E-state index in [0.717, 1.165) is 0 Å². The Morgan fingerprint density at radius 1 is 1.00 bits per heavy atom. The summed E-state index contributed by atoms with van der Waals surface area (Å²) in [7, 11) is -3.02. The Hall–Kier alpha value is -2.95. The minimum absolute atomic E-state index is 0. The molecule has 0 unspecified atom stereocenters. The predicted molar refractivity (Wildman–Crippen MR) is 144 cm³/mol. The minimum Gasteiger partial charge on any atom is -0.540 e. The molecule has 0 aliphatic heterocycles. The van der Waals surface area contributed by atoms with Crippen LogP contribution in [0.4, 0.5) is 5.69 Å². The molecule has 10 nitrogen and oxygen atoms in total. The van der Waals surface area contributed by atoms with Crippen molar-refractivity contribution in [2.45, 2.75) is 11.8 Å². The largest absolute Gasteiger partial charge is 1.00 e. The minimum atomic E-state index is -4.25. The molecule has 3 aromatic rings. The first-order valence-corrected chi connectivity index (χ1v) is 13.2. The van der Waals surface area contributed by atoms with Gasteiger partial charge in [0.1, 0.15) is 15.8 Å². The summed E-state index contributed by atoms with van der Waals surface area (Å²) in [5, 5.41) is 12.2. The standard InChI is InChI=1S/C26H21Cl2N3O7S.Na/c1-15-7-20(39(35,36)31-25(33)13-37-2)4-5-22(15)30-24(32)14-38-23-6-3-18(27)11-21(23)26(34)17-8-16(12-29)9-19(28)10-17;/h3-11H,13-14H2,1-2H3,(H2,30,31,32,33);/q;+1/p-1. The van der Waals surface area contributed by atoms with Gasteiger partial charge < -0.3 is 24.3 Å². The molecule has 0 fully saturated rings. The molecule has 14 heteroatoms. The fraction of sp³-hybridized carbons (Fsp3) is 0.154. The fourth-order valence-corrected chi connectivity index (χ4v) is 4.75. The maximum atomic E-state index is 13.1. The Bertz CT molecular complexity index is 1610. The molecule has 0 atom stereocenters. The zero-order valence-corrected chi connectivity index (χ0v) is 25.9. The maximum absolute atomic E-state index is 13.1. The summed E-state index contributed by atoms with van der Waals surface area (Å²) in [4.78, 5) is 37.0. The zero-order chi connectivity index (χ0) is 28.7. The third-order valence-electron chi connectivity index (χ3n) is 5.09. The number of methoxy groups -OCH3 is 1. The molecule has 0 radical (unpaired) electrons. The van der Waals surface area contributed by atoms with Crippen LogP contribution in [-0.2, 0) is 24.3 Å². The van der Waals surface area contributed by atoms with Gasteiger partial charge in [-0.25, -0.2) is 8.42 Å². The number of halogens is 2. The van der Waals surface area contributed by atoms with Crippen molar-refractivity contribution in [1.82, 2.24) is 0 Å². The van der Waals surface area contributed by atoms with Crippen molar-refractivity contribution in [3.63, 3.8) is 0 Å². The molecule has 202 valence electrons. The van der Waals surface area contributed by atoms with Crippen LogP contribution in [0.3, 0.4) is 0 Å². The number of ether oxygens (including phenoxy) is 2. The molecule has 0 spiro atoms. The van der Waals surface area contributed by atoms with E-state index in [-0.39, 0.29) is 66.9 Å². The topological polar surface area (TPSA) is 154 Å². The van der Waals surface area contributed by atoms with Gasteiger partial charge in [-0.05, 0) is 67.1 Å². The molecule has 1 N–H and O–H groups in total. The smallest absolute Gasteiger partial charge is 0.540 e. The summed E-state index contributed by atoms with van der Waals surface area (Å²) in [6.45, 7) is 0.581. The molecule has 0 saturated heterocycles. The Labute approximate surface area is 262 Å². The van der Waals surface area contributed by atoms with Gasteiger partial charge in [0.05, 0.1) is 34.6 Å². The first kappa shape index (κ1) is 33.3. The van der Waals surface area contributed by atoms with Crippen LogP contribution in [0, 0.1) is 18.3 Å². The van der Waals surface area contributed by atoms with Gasteiger partial charge in [-0.15, -0.1) is 0 Å². The summed E-state index contributed by atoms with van der Waals surface area (Å²) >= 11 is 12.1. The second kappa shape index (κ2) is 14.6. The van der Waals surface area contributed by atoms with Crippen LogP contribution in [0.2, 0.25) is 10.0 Å². The van der Waals surface area contributed by atoms with E-state index in [4.69, 9.17) is 33.2 Å². The third kappa shape index (κ3) is 8.78. The van der Waals surface area contributed by atoms with E-state index in [9.17, 15) is 22.8 Å². The second-order valence-electron chi connectivity index (χ2n) is 8.02. The number of ketones is 1. The quantitative estimate of drug-likeness (QED) is 0.268. The summed E-state index contributed by atoms with van der Waals surface area (Å²) in [5.74, 6) is -2.00. The van der Waals surface area contributed by atoms with E-state index in [2.05, 4.69) is 14.8 Å². The van der Waals surface area contributed by atoms with Gasteiger partial charge in [-0.1, -0.05) is 23.2 Å². The van der Waals surface area contributed by atoms with Crippen molar-refractivity contribution in [1.29, 1.82) is 5.26 Å². The Morgan fingerprint density at radius 3 is 2.38 bits per heavy atom. The van der Waals surface area contributed by atoms with Crippen LogP contribution in [0.15, 0.2) is 59.5 Å². The van der Waals surface area contributed by atoms with E-state index in [1.54, 1.807) is 6.92 Å². The van der Waals surface area contributed by atoms with Crippen molar-refractivity contribution in [2.75, 3.05) is 25.6 Å². The van der Waals surface area contributed by atoms with Crippen molar-refractivity contribution < 1.29 is 61.8 Å². The Balaban J connectivity index is 0.00000560. The Kier molecular flexibility index (Phi) is 12.2. The molecule has 0 saturated carbocycles. The van der Waals surface area contributed by atoms with Crippen LogP contribution in [-0.4, -0.2) is 46.3 Å². The van der Waals surface area contributed by atoms with Gasteiger partial charge >= 0.3 is 29.6 Å². The number of hydrogen-bond donors (Lipinski definition) is 1. The number of sulfonamides is 1. The second-order valence-corrected chi connectivity index (χ2v) is 10.5. The molecular weight excluding hydrogens is 592 g/mol. The van der Waals surface area contributed by atoms with Crippen LogP contribution in [0.25, 0.3) is 4.72 Å². The molecule has 40 heavy (non-hydrogen) atoms. The number of aryl methyl sites for hydroxylation is 1. The number of carbonyl (C=O) groups excluding carboxylic acids is 3. The van der Waals surface area contributed by atoms with Crippen molar-refractivity contribution in [3.8, 4) is 11.8 Å². The Morgan fingerprint density at radius 2 is 1.73 bits per heavy atom. The SMILES string of the molecule is COCC(=O)[N-]S(=O)(=O)c1ccc(NC(=O)COc2ccc(Cl)cc2C(=O)c2cc(Cl)cc(C#N)c2)c(C)c1.[Na+]. The summed E-state index contributed by atoms with van der Waals surface area (Å²) in [6, 6.07) is 14.2. The van der Waals surface area contributed by atoms with E-state index < -0.39 is 40.8 Å². The van der Waals surface area contributed by atoms with Gasteiger partial charge in [-0.3, -0.25) is 9.59 Å². The maximum Gasteiger partial charge on any atom is 1.00 e. The molecule has 0 heterocycles. The van der Waals surface area contributed by atoms with E-state index in [0.29, 0.717) is 11.3 Å². The van der Waals surface area contributed by atoms with Gasteiger partial charge in [0.15, 0.2) is 12.4 Å². The van der Waals surface area contributed by atoms with Crippen molar-refractivity contribution in [3.05, 3.63) is 91.6 Å². The number of hydrogen-bond acceptors (Lipinski definition) is 8. The van der Waals surface area contributed by atoms with Crippen LogP contribution < -0.4 is 39.6 Å². The molecule has 0 bridgehead atoms. The average Bonchev–Trinajstić information content (AvgIpc) is 2.88. The van der Waals surface area contributed by atoms with Crippen molar-refractivity contribution >= 4 is 56.5 Å². The summed E-state index contributed by atoms with van der Waals surface area (Å²) in [5.41, 5.74) is 1.06. The molecule has 0 aromatic heterocycles. The third-order valence-corrected chi connectivity index (χ3v) is 6.84. The number of carbonyl (C=O) groups is 3. The number of nitrogens with zero attached hydrogens (tertiary/aromatic N) is 2. The monoisotopic (exact) mass is 611 g/mol. The predicted octanol–water partition coefficient (Wildman–Crippen LogP) is 1.66. The van der Waals surface area contributed by atoms with E-state index >= 15 is 0 Å². The molecule has 3 aromatic carbocycles. The van der Waals surface area contributed by atoms with Crippen LogP contribution in [0.1, 0.15) is 27.0 Å². The zero-order valence-electron chi connectivity index (χ0n) is 21.5. The molecular formula is C26H20Cl2N3NaO7S. The fourth-order valence-electron chi connectivity index (χ4n) is 3.35. The van der Waals surface area contributed by atoms with Crippen molar-refractivity contribution in [2.24, 2.45) is 0 Å². The number of nitrogens with one attached hydrogen (secondary N) is 1. The van der Waals surface area contributed by atoms with Gasteiger partial charge in [0.25, 0.3) is 5.91 Å². The molecule has 0 aliphatic carbocycles.